The molecule has 3 N–H and O–H groups in total. The molecule has 0 aromatic heterocycles. The van der Waals surface area contributed by atoms with Gasteiger partial charge in [-0.25, -0.2) is 4.39 Å². The van der Waals surface area contributed by atoms with Gasteiger partial charge in [-0.05, 0) is 31.5 Å². The first kappa shape index (κ1) is 12.8. The number of nitrogens with zero attached hydrogens (tertiary/aromatic N) is 1. The van der Waals surface area contributed by atoms with Gasteiger partial charge in [-0.1, -0.05) is 0 Å². The molecule has 1 aliphatic rings. The molecule has 1 fully saturated rings. The molecule has 1 saturated heterocycles. The third kappa shape index (κ3) is 2.46. The van der Waals surface area contributed by atoms with Crippen LogP contribution in [0.15, 0.2) is 18.2 Å². The Kier molecular flexibility index (Phi) is 3.52. The maximum absolute atomic E-state index is 13.6. The van der Waals surface area contributed by atoms with Crippen molar-refractivity contribution in [2.45, 2.75) is 19.4 Å². The van der Waals surface area contributed by atoms with Crippen LogP contribution < -0.4 is 5.73 Å². The number of carbonyl (C=O) groups is 1. The summed E-state index contributed by atoms with van der Waals surface area (Å²) in [6.07, 6.45) is 0.293. The first-order valence-corrected chi connectivity index (χ1v) is 6.01. The largest absolute Gasteiger partial charge is 0.399 e. The SMILES string of the molecule is CC(O)C1CCN(C(=O)c2cc(N)ccc2F)C1. The smallest absolute Gasteiger partial charge is 0.256 e. The number of aliphatic hydroxyl groups excluding tert-OH is 1. The van der Waals surface area contributed by atoms with Gasteiger partial charge in [0, 0.05) is 24.7 Å². The van der Waals surface area contributed by atoms with Crippen LogP contribution in [0.25, 0.3) is 0 Å². The first-order valence-electron chi connectivity index (χ1n) is 6.01. The van der Waals surface area contributed by atoms with E-state index in [1.54, 1.807) is 11.8 Å². The zero-order valence-electron chi connectivity index (χ0n) is 10.3. The summed E-state index contributed by atoms with van der Waals surface area (Å²) >= 11 is 0. The van der Waals surface area contributed by atoms with E-state index in [1.165, 1.54) is 18.2 Å². The number of rotatable bonds is 2. The third-order valence-electron chi connectivity index (χ3n) is 3.41. The number of nitrogen functional groups attached to an aromatic ring is 1. The molecule has 1 heterocycles. The van der Waals surface area contributed by atoms with Gasteiger partial charge >= 0.3 is 0 Å². The molecule has 0 aliphatic carbocycles. The topological polar surface area (TPSA) is 66.6 Å². The standard InChI is InChI=1S/C13H17FN2O2/c1-8(17)9-4-5-16(7-9)13(18)11-6-10(15)2-3-12(11)14/h2-3,6,8-9,17H,4-5,7,15H2,1H3. The van der Waals surface area contributed by atoms with Crippen LogP contribution in [0.5, 0.6) is 0 Å². The van der Waals surface area contributed by atoms with Crippen LogP contribution in [0.1, 0.15) is 23.7 Å². The summed E-state index contributed by atoms with van der Waals surface area (Å²) in [6, 6.07) is 3.98. The second-order valence-electron chi connectivity index (χ2n) is 4.78. The number of nitrogens with two attached hydrogens (primary N) is 1. The van der Waals surface area contributed by atoms with E-state index in [1.807, 2.05) is 0 Å². The van der Waals surface area contributed by atoms with E-state index in [9.17, 15) is 14.3 Å². The molecule has 0 radical (unpaired) electrons. The Labute approximate surface area is 105 Å². The minimum Gasteiger partial charge on any atom is -0.399 e. The van der Waals surface area contributed by atoms with Gasteiger partial charge in [-0.2, -0.15) is 0 Å². The van der Waals surface area contributed by atoms with Crippen molar-refractivity contribution in [3.63, 3.8) is 0 Å². The summed E-state index contributed by atoms with van der Waals surface area (Å²) in [5, 5.41) is 9.49. The van der Waals surface area contributed by atoms with E-state index >= 15 is 0 Å². The Bertz CT molecular complexity index is 462. The Morgan fingerprint density at radius 3 is 2.94 bits per heavy atom. The van der Waals surface area contributed by atoms with Crippen molar-refractivity contribution in [3.05, 3.63) is 29.6 Å². The quantitative estimate of drug-likeness (QED) is 0.778. The van der Waals surface area contributed by atoms with Crippen LogP contribution in [0, 0.1) is 11.7 Å². The summed E-state index contributed by atoms with van der Waals surface area (Å²) in [7, 11) is 0. The normalized spacial score (nSPS) is 21.1. The Morgan fingerprint density at radius 1 is 1.61 bits per heavy atom. The first-order chi connectivity index (χ1) is 8.49. The van der Waals surface area contributed by atoms with Gasteiger partial charge in [0.2, 0.25) is 0 Å². The maximum atomic E-state index is 13.6. The van der Waals surface area contributed by atoms with E-state index in [0.29, 0.717) is 18.8 Å². The van der Waals surface area contributed by atoms with Crippen molar-refractivity contribution in [1.29, 1.82) is 0 Å². The predicted molar refractivity (Wildman–Crippen MR) is 66.5 cm³/mol. The number of amides is 1. The molecule has 0 bridgehead atoms. The van der Waals surface area contributed by atoms with Gasteiger partial charge in [0.1, 0.15) is 5.82 Å². The molecule has 1 amide bonds. The number of halogens is 1. The molecular formula is C13H17FN2O2. The van der Waals surface area contributed by atoms with Crippen molar-refractivity contribution < 1.29 is 14.3 Å². The summed E-state index contributed by atoms with van der Waals surface area (Å²) in [5.74, 6) is -0.851. The monoisotopic (exact) mass is 252 g/mol. The van der Waals surface area contributed by atoms with Gasteiger partial charge in [0.25, 0.3) is 5.91 Å². The fraction of sp³-hybridized carbons (Fsp3) is 0.462. The number of aliphatic hydroxyl groups is 1. The highest BCUT2D eigenvalue weighted by atomic mass is 19.1. The summed E-state index contributed by atoms with van der Waals surface area (Å²) in [4.78, 5) is 13.7. The summed E-state index contributed by atoms with van der Waals surface area (Å²) < 4.78 is 13.6. The second kappa shape index (κ2) is 4.94. The number of benzene rings is 1. The van der Waals surface area contributed by atoms with E-state index < -0.39 is 11.9 Å². The molecule has 1 aromatic carbocycles. The molecule has 4 nitrogen and oxygen atoms in total. The van der Waals surface area contributed by atoms with Crippen molar-refractivity contribution >= 4 is 11.6 Å². The lowest BCUT2D eigenvalue weighted by Crippen LogP contribution is -2.31. The Morgan fingerprint density at radius 2 is 2.33 bits per heavy atom. The molecule has 5 heteroatoms. The Hall–Kier alpha value is -1.62. The van der Waals surface area contributed by atoms with Crippen LogP contribution in [-0.4, -0.2) is 35.1 Å². The number of anilines is 1. The molecule has 2 unspecified atom stereocenters. The van der Waals surface area contributed by atoms with E-state index in [-0.39, 0.29) is 17.4 Å². The second-order valence-corrected chi connectivity index (χ2v) is 4.78. The lowest BCUT2D eigenvalue weighted by Gasteiger charge is -2.18. The molecule has 0 saturated carbocycles. The van der Waals surface area contributed by atoms with Crippen molar-refractivity contribution in [3.8, 4) is 0 Å². The van der Waals surface area contributed by atoms with Crippen LogP contribution in [0.2, 0.25) is 0 Å². The van der Waals surface area contributed by atoms with Crippen LogP contribution in [0.4, 0.5) is 10.1 Å². The molecule has 1 aliphatic heterocycles. The zero-order valence-corrected chi connectivity index (χ0v) is 10.3. The lowest BCUT2D eigenvalue weighted by atomic mass is 10.0. The molecule has 98 valence electrons. The molecule has 18 heavy (non-hydrogen) atoms. The molecule has 1 aromatic rings. The summed E-state index contributed by atoms with van der Waals surface area (Å²) in [5.41, 5.74) is 5.93. The van der Waals surface area contributed by atoms with E-state index in [2.05, 4.69) is 0 Å². The zero-order chi connectivity index (χ0) is 13.3. The van der Waals surface area contributed by atoms with Gasteiger partial charge in [0.15, 0.2) is 0 Å². The average molecular weight is 252 g/mol. The maximum Gasteiger partial charge on any atom is 0.256 e. The van der Waals surface area contributed by atoms with Crippen molar-refractivity contribution in [1.82, 2.24) is 4.90 Å². The highest BCUT2D eigenvalue weighted by molar-refractivity contribution is 5.95. The van der Waals surface area contributed by atoms with Crippen LogP contribution >= 0.6 is 0 Å². The molecule has 2 rings (SSSR count). The van der Waals surface area contributed by atoms with E-state index in [0.717, 1.165) is 6.42 Å². The van der Waals surface area contributed by atoms with Gasteiger partial charge in [-0.3, -0.25) is 4.79 Å². The predicted octanol–water partition coefficient (Wildman–Crippen LogP) is 1.25. The Balaban J connectivity index is 2.15. The highest BCUT2D eigenvalue weighted by Gasteiger charge is 2.30. The molecule has 0 spiro atoms. The molecule has 2 atom stereocenters. The van der Waals surface area contributed by atoms with Crippen LogP contribution in [-0.2, 0) is 0 Å². The van der Waals surface area contributed by atoms with Gasteiger partial charge in [-0.15, -0.1) is 0 Å². The minimum atomic E-state index is -0.560. The number of hydrogen-bond acceptors (Lipinski definition) is 3. The van der Waals surface area contributed by atoms with Crippen LogP contribution in [0.3, 0.4) is 0 Å². The lowest BCUT2D eigenvalue weighted by molar-refractivity contribution is 0.0758. The van der Waals surface area contributed by atoms with Crippen molar-refractivity contribution in [2.75, 3.05) is 18.8 Å². The highest BCUT2D eigenvalue weighted by Crippen LogP contribution is 2.23. The van der Waals surface area contributed by atoms with E-state index in [4.69, 9.17) is 5.73 Å². The molecular weight excluding hydrogens is 235 g/mol. The van der Waals surface area contributed by atoms with Gasteiger partial charge in [0.05, 0.1) is 11.7 Å². The average Bonchev–Trinajstić information content (AvgIpc) is 2.81. The minimum absolute atomic E-state index is 0.00115. The van der Waals surface area contributed by atoms with Gasteiger partial charge < -0.3 is 15.7 Å². The summed E-state index contributed by atoms with van der Waals surface area (Å²) in [6.45, 7) is 2.72. The third-order valence-corrected chi connectivity index (χ3v) is 3.41. The fourth-order valence-corrected chi connectivity index (χ4v) is 2.24. The van der Waals surface area contributed by atoms with Crippen molar-refractivity contribution in [2.24, 2.45) is 5.92 Å². The fourth-order valence-electron chi connectivity index (χ4n) is 2.24. The number of likely N-dealkylation sites (tertiary alicyclic amines) is 1. The number of hydrogen-bond donors (Lipinski definition) is 2. The number of carbonyl (C=O) groups excluding carboxylic acids is 1.